The summed E-state index contributed by atoms with van der Waals surface area (Å²) in [6.45, 7) is 2.15. The van der Waals surface area contributed by atoms with Gasteiger partial charge in [-0.1, -0.05) is 48.6 Å². The molecule has 0 spiro atoms. The fourth-order valence-corrected chi connectivity index (χ4v) is 3.41. The Bertz CT molecular complexity index is 886. The number of hydrogen-bond donors (Lipinski definition) is 1. The van der Waals surface area contributed by atoms with Gasteiger partial charge >= 0.3 is 0 Å². The molecule has 0 saturated heterocycles. The first kappa shape index (κ1) is 19.6. The lowest BCUT2D eigenvalue weighted by Gasteiger charge is -2.17. The van der Waals surface area contributed by atoms with Gasteiger partial charge < -0.3 is 5.32 Å². The lowest BCUT2D eigenvalue weighted by molar-refractivity contribution is -0.111. The molecule has 0 heterocycles. The van der Waals surface area contributed by atoms with E-state index in [4.69, 9.17) is 0 Å². The Morgan fingerprint density at radius 1 is 1.04 bits per heavy atom. The van der Waals surface area contributed by atoms with Gasteiger partial charge in [-0.2, -0.15) is 4.31 Å². The second-order valence-corrected chi connectivity index (χ2v) is 7.69. The molecule has 2 aromatic carbocycles. The third kappa shape index (κ3) is 5.40. The number of sulfonamides is 1. The molecule has 0 radical (unpaired) electrons. The van der Waals surface area contributed by atoms with E-state index in [1.165, 1.54) is 22.5 Å². The Hall–Kier alpha value is -2.70. The molecule has 0 fully saturated rings. The van der Waals surface area contributed by atoms with Crippen LogP contribution in [0.15, 0.2) is 83.8 Å². The third-order valence-electron chi connectivity index (χ3n) is 3.63. The van der Waals surface area contributed by atoms with E-state index in [0.29, 0.717) is 5.69 Å². The van der Waals surface area contributed by atoms with Gasteiger partial charge in [-0.25, -0.2) is 8.42 Å². The molecule has 0 saturated carbocycles. The van der Waals surface area contributed by atoms with Crippen molar-refractivity contribution in [3.05, 3.63) is 84.5 Å². The minimum Gasteiger partial charge on any atom is -0.323 e. The van der Waals surface area contributed by atoms with Gasteiger partial charge in [0.2, 0.25) is 15.9 Å². The van der Waals surface area contributed by atoms with E-state index in [2.05, 4.69) is 5.32 Å². The van der Waals surface area contributed by atoms with Crippen molar-refractivity contribution in [2.75, 3.05) is 12.4 Å². The highest BCUT2D eigenvalue weighted by Crippen LogP contribution is 2.19. The van der Waals surface area contributed by atoms with Crippen molar-refractivity contribution in [2.24, 2.45) is 0 Å². The molecule has 0 aliphatic rings. The summed E-state index contributed by atoms with van der Waals surface area (Å²) in [5.74, 6) is -0.278. The molecule has 2 rings (SSSR count). The number of carbonyl (C=O) groups is 1. The van der Waals surface area contributed by atoms with Crippen LogP contribution in [0.5, 0.6) is 0 Å². The van der Waals surface area contributed by atoms with E-state index in [9.17, 15) is 13.2 Å². The van der Waals surface area contributed by atoms with Crippen molar-refractivity contribution in [3.63, 3.8) is 0 Å². The number of allylic oxidation sites excluding steroid dienone is 3. The average Bonchev–Trinajstić information content (AvgIpc) is 2.63. The van der Waals surface area contributed by atoms with Crippen molar-refractivity contribution >= 4 is 21.6 Å². The molecule has 0 aliphatic carbocycles. The summed E-state index contributed by atoms with van der Waals surface area (Å²) in [7, 11) is -2.06. The number of hydrogen-bond acceptors (Lipinski definition) is 3. The monoisotopic (exact) mass is 370 g/mol. The summed E-state index contributed by atoms with van der Waals surface area (Å²) in [5.41, 5.74) is 1.44. The molecule has 1 N–H and O–H groups in total. The van der Waals surface area contributed by atoms with Crippen LogP contribution in [-0.2, 0) is 21.4 Å². The molecule has 0 aromatic heterocycles. The predicted molar refractivity (Wildman–Crippen MR) is 104 cm³/mol. The van der Waals surface area contributed by atoms with Crippen molar-refractivity contribution in [2.45, 2.75) is 18.4 Å². The highest BCUT2D eigenvalue weighted by Gasteiger charge is 2.20. The topological polar surface area (TPSA) is 66.5 Å². The average molecular weight is 370 g/mol. The van der Waals surface area contributed by atoms with Crippen LogP contribution < -0.4 is 5.32 Å². The van der Waals surface area contributed by atoms with Gasteiger partial charge in [0.1, 0.15) is 0 Å². The number of nitrogens with one attached hydrogen (secondary N) is 1. The zero-order valence-electron chi connectivity index (χ0n) is 14.8. The summed E-state index contributed by atoms with van der Waals surface area (Å²) in [5, 5.41) is 2.68. The fraction of sp³-hybridized carbons (Fsp3) is 0.150. The number of rotatable bonds is 7. The van der Waals surface area contributed by atoms with Crippen molar-refractivity contribution in [1.29, 1.82) is 0 Å². The molecule has 1 amide bonds. The van der Waals surface area contributed by atoms with Crippen molar-refractivity contribution < 1.29 is 13.2 Å². The first-order chi connectivity index (χ1) is 12.4. The van der Waals surface area contributed by atoms with Gasteiger partial charge in [-0.15, -0.1) is 0 Å². The Morgan fingerprint density at radius 2 is 1.69 bits per heavy atom. The summed E-state index contributed by atoms with van der Waals surface area (Å²) in [6.07, 6.45) is 6.60. The van der Waals surface area contributed by atoms with Crippen LogP contribution in [0.3, 0.4) is 0 Å². The molecule has 136 valence electrons. The first-order valence-electron chi connectivity index (χ1n) is 8.14. The zero-order chi connectivity index (χ0) is 19.0. The van der Waals surface area contributed by atoms with Crippen molar-refractivity contribution in [3.8, 4) is 0 Å². The van der Waals surface area contributed by atoms with Gasteiger partial charge in [0.05, 0.1) is 4.90 Å². The van der Waals surface area contributed by atoms with Crippen LogP contribution >= 0.6 is 0 Å². The summed E-state index contributed by atoms with van der Waals surface area (Å²) in [6, 6.07) is 15.5. The first-order valence-corrected chi connectivity index (χ1v) is 9.58. The molecule has 0 aliphatic heterocycles. The van der Waals surface area contributed by atoms with Gasteiger partial charge in [0.25, 0.3) is 0 Å². The molecule has 0 bridgehead atoms. The lowest BCUT2D eigenvalue weighted by atomic mass is 10.2. The molecule has 5 nitrogen and oxygen atoms in total. The smallest absolute Gasteiger partial charge is 0.248 e. The zero-order valence-corrected chi connectivity index (χ0v) is 15.6. The van der Waals surface area contributed by atoms with Crippen LogP contribution in [0.25, 0.3) is 0 Å². The van der Waals surface area contributed by atoms with Crippen molar-refractivity contribution in [1.82, 2.24) is 4.31 Å². The van der Waals surface area contributed by atoms with E-state index in [1.54, 1.807) is 31.3 Å². The van der Waals surface area contributed by atoms with E-state index >= 15 is 0 Å². The predicted octanol–water partition coefficient (Wildman–Crippen LogP) is 3.58. The minimum atomic E-state index is -3.60. The summed E-state index contributed by atoms with van der Waals surface area (Å²) < 4.78 is 26.6. The van der Waals surface area contributed by atoms with Crippen LogP contribution in [0.4, 0.5) is 5.69 Å². The maximum absolute atomic E-state index is 12.7. The number of amides is 1. The van der Waals surface area contributed by atoms with Gasteiger partial charge in [-0.05, 0) is 36.8 Å². The molecule has 0 atom stereocenters. The van der Waals surface area contributed by atoms with Gasteiger partial charge in [-0.3, -0.25) is 4.79 Å². The second-order valence-electron chi connectivity index (χ2n) is 5.65. The molecule has 2 aromatic rings. The van der Waals surface area contributed by atoms with Gasteiger partial charge in [0, 0.05) is 25.4 Å². The number of anilines is 1. The quantitative estimate of drug-likeness (QED) is 0.598. The van der Waals surface area contributed by atoms with E-state index < -0.39 is 10.0 Å². The Morgan fingerprint density at radius 3 is 2.31 bits per heavy atom. The Labute approximate surface area is 154 Å². The standard InChI is InChI=1S/C20H22N2O3S/c1-3-4-6-11-20(23)21-18-12-14-19(15-13-18)26(24,25)22(2)16-17-9-7-5-8-10-17/h3-15H,16H2,1-2H3,(H,21,23)/b4-3+,11-6+. The summed E-state index contributed by atoms with van der Waals surface area (Å²) in [4.78, 5) is 11.9. The highest BCUT2D eigenvalue weighted by atomic mass is 32.2. The second kappa shape index (κ2) is 9.12. The SMILES string of the molecule is C/C=C/C=C/C(=O)Nc1ccc(S(=O)(=O)N(C)Cc2ccccc2)cc1. The van der Waals surface area contributed by atoms with Crippen LogP contribution in [0, 0.1) is 0 Å². The molecule has 6 heteroatoms. The van der Waals surface area contributed by atoms with Crippen LogP contribution in [-0.4, -0.2) is 25.7 Å². The number of benzene rings is 2. The van der Waals surface area contributed by atoms with Crippen LogP contribution in [0.2, 0.25) is 0 Å². The molecule has 0 unspecified atom stereocenters. The molecular formula is C20H22N2O3S. The van der Waals surface area contributed by atoms with Gasteiger partial charge in [0.15, 0.2) is 0 Å². The maximum atomic E-state index is 12.7. The van der Waals surface area contributed by atoms with E-state index in [1.807, 2.05) is 43.3 Å². The highest BCUT2D eigenvalue weighted by molar-refractivity contribution is 7.89. The Kier molecular flexibility index (Phi) is 6.89. The molecule has 26 heavy (non-hydrogen) atoms. The number of nitrogens with zero attached hydrogens (tertiary/aromatic N) is 1. The van der Waals surface area contributed by atoms with E-state index in [0.717, 1.165) is 5.56 Å². The van der Waals surface area contributed by atoms with E-state index in [-0.39, 0.29) is 17.3 Å². The fourth-order valence-electron chi connectivity index (χ4n) is 2.25. The minimum absolute atomic E-state index is 0.179. The Balaban J connectivity index is 2.07. The number of carbonyl (C=O) groups excluding carboxylic acids is 1. The molecular weight excluding hydrogens is 348 g/mol. The largest absolute Gasteiger partial charge is 0.323 e. The third-order valence-corrected chi connectivity index (χ3v) is 5.45. The maximum Gasteiger partial charge on any atom is 0.248 e. The van der Waals surface area contributed by atoms with Crippen LogP contribution in [0.1, 0.15) is 12.5 Å². The summed E-state index contributed by atoms with van der Waals surface area (Å²) >= 11 is 0. The lowest BCUT2D eigenvalue weighted by Crippen LogP contribution is -2.26. The normalized spacial score (nSPS) is 12.1.